The Morgan fingerprint density at radius 3 is 2.88 bits per heavy atom. The number of aryl methyl sites for hydroxylation is 1. The Bertz CT molecular complexity index is 740. The monoisotopic (exact) mass is 344 g/mol. The van der Waals surface area contributed by atoms with Gasteiger partial charge in [-0.3, -0.25) is 4.79 Å². The third kappa shape index (κ3) is 3.18. The minimum Gasteiger partial charge on any atom is -0.496 e. The third-order valence-electron chi connectivity index (χ3n) is 5.24. The van der Waals surface area contributed by atoms with E-state index in [0.717, 1.165) is 25.0 Å². The molecular formula is C19H24N2O2S. The Morgan fingerprint density at radius 1 is 1.42 bits per heavy atom. The van der Waals surface area contributed by atoms with Crippen molar-refractivity contribution in [2.45, 2.75) is 40.0 Å². The molecule has 24 heavy (non-hydrogen) atoms. The summed E-state index contributed by atoms with van der Waals surface area (Å²) < 4.78 is 5.52. The summed E-state index contributed by atoms with van der Waals surface area (Å²) in [5, 5.41) is 5.48. The number of hydrogen-bond acceptors (Lipinski definition) is 4. The van der Waals surface area contributed by atoms with Gasteiger partial charge in [-0.15, -0.1) is 11.3 Å². The summed E-state index contributed by atoms with van der Waals surface area (Å²) in [5.41, 5.74) is 5.33. The highest BCUT2D eigenvalue weighted by Gasteiger charge is 2.30. The number of benzene rings is 1. The lowest BCUT2D eigenvalue weighted by Crippen LogP contribution is -2.31. The molecule has 128 valence electrons. The number of rotatable bonds is 4. The van der Waals surface area contributed by atoms with Gasteiger partial charge in [-0.25, -0.2) is 4.98 Å². The number of ether oxygens (including phenoxy) is 1. The number of aromatic nitrogens is 1. The Labute approximate surface area is 147 Å². The van der Waals surface area contributed by atoms with E-state index in [2.05, 4.69) is 30.2 Å². The van der Waals surface area contributed by atoms with Crippen LogP contribution in [0.5, 0.6) is 5.75 Å². The van der Waals surface area contributed by atoms with Crippen LogP contribution in [0.4, 0.5) is 5.13 Å². The van der Waals surface area contributed by atoms with Gasteiger partial charge in [0.25, 0.3) is 0 Å². The summed E-state index contributed by atoms with van der Waals surface area (Å²) in [6, 6.07) is 2.13. The second-order valence-electron chi connectivity index (χ2n) is 6.60. The summed E-state index contributed by atoms with van der Waals surface area (Å²) >= 11 is 1.45. The fraction of sp³-hybridized carbons (Fsp3) is 0.474. The number of nitrogens with one attached hydrogen (secondary N) is 1. The Morgan fingerprint density at radius 2 is 2.21 bits per heavy atom. The molecule has 0 radical (unpaired) electrons. The highest BCUT2D eigenvalue weighted by Crippen LogP contribution is 2.37. The number of fused-ring (bicyclic) bond motifs is 1. The molecule has 5 heteroatoms. The summed E-state index contributed by atoms with van der Waals surface area (Å²) in [6.07, 6.45) is 4.73. The van der Waals surface area contributed by atoms with E-state index >= 15 is 0 Å². The predicted octanol–water partition coefficient (Wildman–Crippen LogP) is 4.15. The maximum Gasteiger partial charge on any atom is 0.229 e. The Balaban J connectivity index is 1.79. The van der Waals surface area contributed by atoms with Gasteiger partial charge in [-0.2, -0.15) is 0 Å². The maximum absolute atomic E-state index is 12.5. The van der Waals surface area contributed by atoms with E-state index in [-0.39, 0.29) is 11.8 Å². The van der Waals surface area contributed by atoms with E-state index in [4.69, 9.17) is 4.74 Å². The molecule has 1 aliphatic rings. The van der Waals surface area contributed by atoms with Crippen LogP contribution < -0.4 is 10.1 Å². The number of methoxy groups -OCH3 is 1. The molecule has 0 saturated heterocycles. The fourth-order valence-electron chi connectivity index (χ4n) is 3.68. The first-order valence-corrected chi connectivity index (χ1v) is 9.25. The van der Waals surface area contributed by atoms with E-state index in [0.29, 0.717) is 11.0 Å². The molecule has 0 bridgehead atoms. The maximum atomic E-state index is 12.5. The number of nitrogens with zero attached hydrogens (tertiary/aromatic N) is 1. The standard InChI is InChI=1S/C19H24N2O2S/c1-11-9-17(23-4)13(3)16-10-14(5-6-15(11)16)12(2)18(22)21-19-20-7-8-24-19/h7-9,12,14H,5-6,10H2,1-4H3,(H,20,21,22). The number of hydrogen-bond donors (Lipinski definition) is 1. The van der Waals surface area contributed by atoms with Crippen molar-refractivity contribution in [2.75, 3.05) is 12.4 Å². The highest BCUT2D eigenvalue weighted by molar-refractivity contribution is 7.13. The van der Waals surface area contributed by atoms with Crippen molar-refractivity contribution in [1.29, 1.82) is 0 Å². The van der Waals surface area contributed by atoms with E-state index < -0.39 is 0 Å². The van der Waals surface area contributed by atoms with Crippen molar-refractivity contribution in [3.8, 4) is 5.75 Å². The van der Waals surface area contributed by atoms with Crippen molar-refractivity contribution >= 4 is 22.4 Å². The lowest BCUT2D eigenvalue weighted by atomic mass is 9.75. The van der Waals surface area contributed by atoms with Crippen LogP contribution in [0.1, 0.15) is 35.6 Å². The van der Waals surface area contributed by atoms with Crippen LogP contribution in [0.2, 0.25) is 0 Å². The van der Waals surface area contributed by atoms with E-state index in [9.17, 15) is 4.79 Å². The van der Waals surface area contributed by atoms with Gasteiger partial charge < -0.3 is 10.1 Å². The first-order chi connectivity index (χ1) is 11.5. The fourth-order valence-corrected chi connectivity index (χ4v) is 4.21. The number of amides is 1. The molecule has 1 aliphatic carbocycles. The summed E-state index contributed by atoms with van der Waals surface area (Å²) in [6.45, 7) is 6.31. The second kappa shape index (κ2) is 6.93. The quantitative estimate of drug-likeness (QED) is 0.906. The van der Waals surface area contributed by atoms with Gasteiger partial charge in [-0.05, 0) is 67.3 Å². The molecule has 0 saturated carbocycles. The second-order valence-corrected chi connectivity index (χ2v) is 7.49. The van der Waals surface area contributed by atoms with Gasteiger partial charge in [0.2, 0.25) is 5.91 Å². The van der Waals surface area contributed by atoms with Crippen LogP contribution >= 0.6 is 11.3 Å². The minimum absolute atomic E-state index is 0.0343. The van der Waals surface area contributed by atoms with Gasteiger partial charge in [0.1, 0.15) is 5.75 Å². The summed E-state index contributed by atoms with van der Waals surface area (Å²) in [7, 11) is 1.72. The van der Waals surface area contributed by atoms with Crippen LogP contribution in [0, 0.1) is 25.7 Å². The van der Waals surface area contributed by atoms with Gasteiger partial charge in [-0.1, -0.05) is 6.92 Å². The largest absolute Gasteiger partial charge is 0.496 e. The topological polar surface area (TPSA) is 51.2 Å². The minimum atomic E-state index is -0.0343. The molecule has 1 N–H and O–H groups in total. The zero-order valence-electron chi connectivity index (χ0n) is 14.7. The average Bonchev–Trinajstić information content (AvgIpc) is 3.09. The molecule has 2 aromatic rings. The van der Waals surface area contributed by atoms with Crippen molar-refractivity contribution in [3.05, 3.63) is 39.9 Å². The molecule has 0 aliphatic heterocycles. The highest BCUT2D eigenvalue weighted by atomic mass is 32.1. The van der Waals surface area contributed by atoms with Crippen molar-refractivity contribution in [2.24, 2.45) is 11.8 Å². The van der Waals surface area contributed by atoms with Crippen LogP contribution in [0.3, 0.4) is 0 Å². The zero-order valence-corrected chi connectivity index (χ0v) is 15.5. The molecule has 0 fully saturated rings. The normalized spacial score (nSPS) is 17.9. The van der Waals surface area contributed by atoms with Gasteiger partial charge in [0, 0.05) is 17.5 Å². The first kappa shape index (κ1) is 17.0. The van der Waals surface area contributed by atoms with Crippen LogP contribution in [-0.4, -0.2) is 18.0 Å². The van der Waals surface area contributed by atoms with Crippen LogP contribution in [0.25, 0.3) is 0 Å². The SMILES string of the molecule is COc1cc(C)c2c(c1C)CC(C(C)C(=O)Nc1nccs1)CC2. The van der Waals surface area contributed by atoms with E-state index in [1.165, 1.54) is 33.6 Å². The van der Waals surface area contributed by atoms with E-state index in [1.807, 2.05) is 12.3 Å². The first-order valence-electron chi connectivity index (χ1n) is 8.37. The van der Waals surface area contributed by atoms with Crippen LogP contribution in [-0.2, 0) is 17.6 Å². The van der Waals surface area contributed by atoms with Crippen molar-refractivity contribution in [1.82, 2.24) is 4.98 Å². The van der Waals surface area contributed by atoms with Crippen molar-refractivity contribution < 1.29 is 9.53 Å². The predicted molar refractivity (Wildman–Crippen MR) is 97.9 cm³/mol. The Hall–Kier alpha value is -1.88. The van der Waals surface area contributed by atoms with Gasteiger partial charge >= 0.3 is 0 Å². The zero-order chi connectivity index (χ0) is 17.3. The molecule has 1 aromatic carbocycles. The summed E-state index contributed by atoms with van der Waals surface area (Å²) in [4.78, 5) is 16.7. The number of carbonyl (C=O) groups is 1. The average molecular weight is 344 g/mol. The van der Waals surface area contributed by atoms with Crippen molar-refractivity contribution in [3.63, 3.8) is 0 Å². The molecule has 4 nitrogen and oxygen atoms in total. The summed E-state index contributed by atoms with van der Waals surface area (Å²) in [5.74, 6) is 1.33. The smallest absolute Gasteiger partial charge is 0.229 e. The number of anilines is 1. The van der Waals surface area contributed by atoms with Gasteiger partial charge in [0.05, 0.1) is 7.11 Å². The Kier molecular flexibility index (Phi) is 4.90. The molecule has 0 spiro atoms. The number of thiazole rings is 1. The lowest BCUT2D eigenvalue weighted by molar-refractivity contribution is -0.121. The molecule has 2 unspecified atom stereocenters. The molecule has 3 rings (SSSR count). The van der Waals surface area contributed by atoms with Gasteiger partial charge in [0.15, 0.2) is 5.13 Å². The molecule has 1 aromatic heterocycles. The van der Waals surface area contributed by atoms with E-state index in [1.54, 1.807) is 13.3 Å². The lowest BCUT2D eigenvalue weighted by Gasteiger charge is -2.31. The van der Waals surface area contributed by atoms with Crippen LogP contribution in [0.15, 0.2) is 17.6 Å². The molecule has 2 atom stereocenters. The number of carbonyl (C=O) groups excluding carboxylic acids is 1. The third-order valence-corrected chi connectivity index (χ3v) is 5.93. The molecule has 1 amide bonds. The molecule has 1 heterocycles. The molecular weight excluding hydrogens is 320 g/mol.